The molecule has 1 aromatic rings. The van der Waals surface area contributed by atoms with Crippen molar-refractivity contribution >= 4 is 28.3 Å². The summed E-state index contributed by atoms with van der Waals surface area (Å²) in [7, 11) is 0. The molecule has 0 radical (unpaired) electrons. The Kier molecular flexibility index (Phi) is 4.23. The number of aliphatic hydroxyl groups is 1. The standard InChI is InChI=1S/C11H17N3O4S/c1-2-18-10(15)7-8(12)14-19-9(7)13-5-11(16)3-4-17-6-11/h13,16H,2-6H2,1H3,(H2,12,14). The van der Waals surface area contributed by atoms with Gasteiger partial charge in [-0.3, -0.25) is 0 Å². The van der Waals surface area contributed by atoms with E-state index < -0.39 is 11.6 Å². The molecule has 1 atom stereocenters. The third kappa shape index (κ3) is 3.14. The summed E-state index contributed by atoms with van der Waals surface area (Å²) >= 11 is 1.07. The van der Waals surface area contributed by atoms with Gasteiger partial charge >= 0.3 is 5.97 Å². The number of nitrogen functional groups attached to an aromatic ring is 1. The van der Waals surface area contributed by atoms with E-state index in [9.17, 15) is 9.90 Å². The summed E-state index contributed by atoms with van der Waals surface area (Å²) in [6.45, 7) is 3.09. The first-order chi connectivity index (χ1) is 9.06. The van der Waals surface area contributed by atoms with Crippen molar-refractivity contribution in [1.82, 2.24) is 4.37 Å². The fourth-order valence-corrected chi connectivity index (χ4v) is 2.50. The first-order valence-corrected chi connectivity index (χ1v) is 6.79. The van der Waals surface area contributed by atoms with Crippen LogP contribution in [0, 0.1) is 0 Å². The largest absolute Gasteiger partial charge is 0.462 e. The molecule has 2 heterocycles. The maximum atomic E-state index is 11.8. The minimum absolute atomic E-state index is 0.139. The molecule has 1 fully saturated rings. The molecule has 1 aliphatic rings. The second-order valence-electron chi connectivity index (χ2n) is 4.37. The maximum Gasteiger partial charge on any atom is 0.344 e. The van der Waals surface area contributed by atoms with Crippen LogP contribution in [0.3, 0.4) is 0 Å². The van der Waals surface area contributed by atoms with Crippen LogP contribution in [0.2, 0.25) is 0 Å². The van der Waals surface area contributed by atoms with Crippen LogP contribution in [0.25, 0.3) is 0 Å². The Morgan fingerprint density at radius 3 is 3.16 bits per heavy atom. The van der Waals surface area contributed by atoms with Crippen molar-refractivity contribution in [3.05, 3.63) is 5.56 Å². The minimum atomic E-state index is -0.912. The van der Waals surface area contributed by atoms with E-state index in [0.717, 1.165) is 11.5 Å². The van der Waals surface area contributed by atoms with E-state index in [0.29, 0.717) is 18.0 Å². The van der Waals surface area contributed by atoms with Crippen LogP contribution < -0.4 is 11.1 Å². The summed E-state index contributed by atoms with van der Waals surface area (Å²) in [5, 5.41) is 13.7. The summed E-state index contributed by atoms with van der Waals surface area (Å²) in [5.41, 5.74) is 4.98. The number of nitrogens with one attached hydrogen (secondary N) is 1. The minimum Gasteiger partial charge on any atom is -0.462 e. The van der Waals surface area contributed by atoms with E-state index in [2.05, 4.69) is 9.69 Å². The molecule has 0 saturated carbocycles. The zero-order valence-electron chi connectivity index (χ0n) is 10.6. The monoisotopic (exact) mass is 287 g/mol. The van der Waals surface area contributed by atoms with E-state index in [-0.39, 0.29) is 31.1 Å². The number of hydrogen-bond acceptors (Lipinski definition) is 8. The highest BCUT2D eigenvalue weighted by Crippen LogP contribution is 2.29. The van der Waals surface area contributed by atoms with E-state index in [4.69, 9.17) is 15.2 Å². The quantitative estimate of drug-likeness (QED) is 0.675. The summed E-state index contributed by atoms with van der Waals surface area (Å²) in [6.07, 6.45) is 0.559. The highest BCUT2D eigenvalue weighted by Gasteiger charge is 2.33. The zero-order chi connectivity index (χ0) is 13.9. The number of anilines is 2. The number of hydrogen-bond donors (Lipinski definition) is 3. The molecule has 0 aliphatic carbocycles. The fraction of sp³-hybridized carbons (Fsp3) is 0.636. The first kappa shape index (κ1) is 14.0. The number of esters is 1. The van der Waals surface area contributed by atoms with Gasteiger partial charge in [0.25, 0.3) is 0 Å². The summed E-state index contributed by atoms with van der Waals surface area (Å²) in [6, 6.07) is 0. The van der Waals surface area contributed by atoms with Gasteiger partial charge in [0.05, 0.1) is 13.2 Å². The maximum absolute atomic E-state index is 11.8. The number of ether oxygens (including phenoxy) is 2. The predicted molar refractivity (Wildman–Crippen MR) is 71.4 cm³/mol. The highest BCUT2D eigenvalue weighted by atomic mass is 32.1. The van der Waals surface area contributed by atoms with Gasteiger partial charge in [0.1, 0.15) is 16.2 Å². The fourth-order valence-electron chi connectivity index (χ4n) is 1.80. The van der Waals surface area contributed by atoms with Gasteiger partial charge < -0.3 is 25.6 Å². The van der Waals surface area contributed by atoms with Gasteiger partial charge in [0.15, 0.2) is 5.82 Å². The third-order valence-corrected chi connectivity index (χ3v) is 3.68. The van der Waals surface area contributed by atoms with E-state index >= 15 is 0 Å². The molecule has 4 N–H and O–H groups in total. The molecule has 8 heteroatoms. The molecule has 7 nitrogen and oxygen atoms in total. The topological polar surface area (TPSA) is 107 Å². The summed E-state index contributed by atoms with van der Waals surface area (Å²) in [5.74, 6) is -0.369. The number of nitrogens with zero attached hydrogens (tertiary/aromatic N) is 1. The highest BCUT2D eigenvalue weighted by molar-refractivity contribution is 7.11. The van der Waals surface area contributed by atoms with Gasteiger partial charge in [-0.25, -0.2) is 4.79 Å². The summed E-state index contributed by atoms with van der Waals surface area (Å²) < 4.78 is 14.0. The van der Waals surface area contributed by atoms with Crippen molar-refractivity contribution in [3.8, 4) is 0 Å². The molecular weight excluding hydrogens is 270 g/mol. The van der Waals surface area contributed by atoms with Crippen molar-refractivity contribution in [1.29, 1.82) is 0 Å². The predicted octanol–water partition coefficient (Wildman–Crippen LogP) is 0.465. The Labute approximate surface area is 114 Å². The molecule has 1 saturated heterocycles. The Morgan fingerprint density at radius 2 is 2.53 bits per heavy atom. The molecule has 1 aromatic heterocycles. The van der Waals surface area contributed by atoms with E-state index in [1.54, 1.807) is 6.92 Å². The summed E-state index contributed by atoms with van der Waals surface area (Å²) in [4.78, 5) is 11.8. The Morgan fingerprint density at radius 1 is 1.74 bits per heavy atom. The number of aromatic nitrogens is 1. The van der Waals surface area contributed by atoms with Gasteiger partial charge in [0, 0.05) is 19.6 Å². The lowest BCUT2D eigenvalue weighted by atomic mass is 10.0. The van der Waals surface area contributed by atoms with Crippen molar-refractivity contribution in [2.75, 3.05) is 37.4 Å². The molecule has 2 rings (SSSR count). The number of nitrogens with two attached hydrogens (primary N) is 1. The molecular formula is C11H17N3O4S. The number of carbonyl (C=O) groups is 1. The van der Waals surface area contributed by atoms with Crippen molar-refractivity contribution < 1.29 is 19.4 Å². The van der Waals surface area contributed by atoms with Crippen molar-refractivity contribution in [3.63, 3.8) is 0 Å². The zero-order valence-corrected chi connectivity index (χ0v) is 11.5. The van der Waals surface area contributed by atoms with Crippen LogP contribution >= 0.6 is 11.5 Å². The number of carbonyl (C=O) groups excluding carboxylic acids is 1. The smallest absolute Gasteiger partial charge is 0.344 e. The van der Waals surface area contributed by atoms with E-state index in [1.807, 2.05) is 0 Å². The van der Waals surface area contributed by atoms with Crippen molar-refractivity contribution in [2.45, 2.75) is 18.9 Å². The van der Waals surface area contributed by atoms with Crippen molar-refractivity contribution in [2.24, 2.45) is 0 Å². The average molecular weight is 287 g/mol. The molecule has 0 spiro atoms. The van der Waals surface area contributed by atoms with Crippen LogP contribution in [0.5, 0.6) is 0 Å². The lowest BCUT2D eigenvalue weighted by Crippen LogP contribution is -2.37. The average Bonchev–Trinajstić information content (AvgIpc) is 2.94. The Bertz CT molecular complexity index is 457. The van der Waals surface area contributed by atoms with Gasteiger partial charge in [-0.1, -0.05) is 0 Å². The molecule has 0 bridgehead atoms. The lowest BCUT2D eigenvalue weighted by molar-refractivity contribution is 0.0381. The molecule has 0 amide bonds. The molecule has 19 heavy (non-hydrogen) atoms. The second-order valence-corrected chi connectivity index (χ2v) is 5.15. The van der Waals surface area contributed by atoms with Crippen LogP contribution in [-0.2, 0) is 9.47 Å². The molecule has 106 valence electrons. The number of rotatable bonds is 5. The van der Waals surface area contributed by atoms with Crippen LogP contribution in [0.4, 0.5) is 10.8 Å². The molecule has 1 aliphatic heterocycles. The molecule has 0 aromatic carbocycles. The van der Waals surface area contributed by atoms with Gasteiger partial charge in [-0.15, -0.1) is 0 Å². The van der Waals surface area contributed by atoms with Gasteiger partial charge in [-0.2, -0.15) is 4.37 Å². The Balaban J connectivity index is 2.06. The van der Waals surface area contributed by atoms with Gasteiger partial charge in [0.2, 0.25) is 0 Å². The Hall–Kier alpha value is -1.38. The lowest BCUT2D eigenvalue weighted by Gasteiger charge is -2.20. The molecule has 1 unspecified atom stereocenters. The van der Waals surface area contributed by atoms with Crippen LogP contribution in [0.15, 0.2) is 0 Å². The first-order valence-electron chi connectivity index (χ1n) is 6.02. The van der Waals surface area contributed by atoms with Gasteiger partial charge in [-0.05, 0) is 18.5 Å². The van der Waals surface area contributed by atoms with Crippen LogP contribution in [-0.4, -0.2) is 47.4 Å². The SMILES string of the molecule is CCOC(=O)c1c(N)nsc1NCC1(O)CCOC1. The van der Waals surface area contributed by atoms with Crippen LogP contribution in [0.1, 0.15) is 23.7 Å². The second kappa shape index (κ2) is 5.72. The normalized spacial score (nSPS) is 22.4. The third-order valence-electron chi connectivity index (χ3n) is 2.86. The van der Waals surface area contributed by atoms with E-state index in [1.165, 1.54) is 0 Å².